The Morgan fingerprint density at radius 1 is 1.13 bits per heavy atom. The molecule has 0 spiro atoms. The molecule has 0 aliphatic carbocycles. The van der Waals surface area contributed by atoms with Gasteiger partial charge in [0.15, 0.2) is 0 Å². The van der Waals surface area contributed by atoms with Crippen molar-refractivity contribution in [2.45, 2.75) is 18.6 Å². The summed E-state index contributed by atoms with van der Waals surface area (Å²) >= 11 is 0. The standard InChI is InChI=1S/C12H16O3/c13-9-11(14)7-4-8-12(15)10-5-2-1-3-6-10/h1-7,11-15H,8-9H2/b7-4-/t11-,12-/m0/s1. The number of hydrogen-bond donors (Lipinski definition) is 3. The largest absolute Gasteiger partial charge is 0.393 e. The lowest BCUT2D eigenvalue weighted by atomic mass is 10.1. The molecule has 0 fully saturated rings. The molecule has 0 aromatic heterocycles. The van der Waals surface area contributed by atoms with Crippen LogP contribution in [0.5, 0.6) is 0 Å². The Morgan fingerprint density at radius 2 is 1.80 bits per heavy atom. The maximum absolute atomic E-state index is 9.71. The van der Waals surface area contributed by atoms with E-state index in [-0.39, 0.29) is 6.61 Å². The fourth-order valence-electron chi connectivity index (χ4n) is 1.24. The van der Waals surface area contributed by atoms with Crippen LogP contribution in [0.2, 0.25) is 0 Å². The van der Waals surface area contributed by atoms with Crippen LogP contribution in [0.1, 0.15) is 18.1 Å². The molecule has 3 N–H and O–H groups in total. The average Bonchev–Trinajstić information content (AvgIpc) is 2.29. The molecule has 1 aromatic rings. The smallest absolute Gasteiger partial charge is 0.0951 e. The lowest BCUT2D eigenvalue weighted by molar-refractivity contribution is 0.130. The van der Waals surface area contributed by atoms with E-state index in [1.54, 1.807) is 6.08 Å². The minimum atomic E-state index is -0.840. The molecule has 3 nitrogen and oxygen atoms in total. The van der Waals surface area contributed by atoms with E-state index in [4.69, 9.17) is 10.2 Å². The highest BCUT2D eigenvalue weighted by Gasteiger charge is 2.04. The second-order valence-electron chi connectivity index (χ2n) is 3.34. The zero-order valence-electron chi connectivity index (χ0n) is 8.45. The molecule has 0 amide bonds. The predicted molar refractivity (Wildman–Crippen MR) is 58.3 cm³/mol. The normalized spacial score (nSPS) is 15.4. The van der Waals surface area contributed by atoms with Crippen molar-refractivity contribution >= 4 is 0 Å². The molecule has 82 valence electrons. The molecule has 1 rings (SSSR count). The molecule has 0 heterocycles. The van der Waals surface area contributed by atoms with Crippen molar-refractivity contribution in [3.8, 4) is 0 Å². The summed E-state index contributed by atoms with van der Waals surface area (Å²) in [5, 5.41) is 27.3. The van der Waals surface area contributed by atoms with Crippen molar-refractivity contribution in [1.82, 2.24) is 0 Å². The average molecular weight is 208 g/mol. The van der Waals surface area contributed by atoms with Gasteiger partial charge in [0.1, 0.15) is 0 Å². The molecule has 0 aliphatic heterocycles. The van der Waals surface area contributed by atoms with Gasteiger partial charge in [-0.25, -0.2) is 0 Å². The van der Waals surface area contributed by atoms with Crippen molar-refractivity contribution in [3.05, 3.63) is 48.0 Å². The second kappa shape index (κ2) is 6.35. The highest BCUT2D eigenvalue weighted by molar-refractivity contribution is 5.17. The third-order valence-electron chi connectivity index (χ3n) is 2.09. The predicted octanol–water partition coefficient (Wildman–Crippen LogP) is 1.02. The second-order valence-corrected chi connectivity index (χ2v) is 3.34. The van der Waals surface area contributed by atoms with E-state index < -0.39 is 12.2 Å². The fraction of sp³-hybridized carbons (Fsp3) is 0.333. The zero-order chi connectivity index (χ0) is 11.1. The third-order valence-corrected chi connectivity index (χ3v) is 2.09. The lowest BCUT2D eigenvalue weighted by Crippen LogP contribution is -2.07. The van der Waals surface area contributed by atoms with Crippen molar-refractivity contribution in [2.24, 2.45) is 0 Å². The molecule has 1 aromatic carbocycles. The number of hydrogen-bond acceptors (Lipinski definition) is 3. The van der Waals surface area contributed by atoms with E-state index in [1.807, 2.05) is 30.3 Å². The molecule has 15 heavy (non-hydrogen) atoms. The van der Waals surface area contributed by atoms with Crippen molar-refractivity contribution in [2.75, 3.05) is 6.61 Å². The zero-order valence-corrected chi connectivity index (χ0v) is 8.45. The van der Waals surface area contributed by atoms with Crippen molar-refractivity contribution in [3.63, 3.8) is 0 Å². The molecule has 0 radical (unpaired) electrons. The Labute approximate surface area is 89.3 Å². The monoisotopic (exact) mass is 208 g/mol. The van der Waals surface area contributed by atoms with Gasteiger partial charge in [0.2, 0.25) is 0 Å². The summed E-state index contributed by atoms with van der Waals surface area (Å²) < 4.78 is 0. The van der Waals surface area contributed by atoms with Gasteiger partial charge >= 0.3 is 0 Å². The van der Waals surface area contributed by atoms with Gasteiger partial charge in [-0.1, -0.05) is 42.5 Å². The maximum atomic E-state index is 9.71. The Bertz CT molecular complexity index is 295. The molecule has 3 heteroatoms. The van der Waals surface area contributed by atoms with Crippen LogP contribution in [0, 0.1) is 0 Å². The van der Waals surface area contributed by atoms with Gasteiger partial charge in [0.05, 0.1) is 18.8 Å². The van der Waals surface area contributed by atoms with Gasteiger partial charge in [-0.15, -0.1) is 0 Å². The van der Waals surface area contributed by atoms with E-state index in [2.05, 4.69) is 0 Å². The Kier molecular flexibility index (Phi) is 5.04. The van der Waals surface area contributed by atoms with E-state index in [9.17, 15) is 5.11 Å². The van der Waals surface area contributed by atoms with Crippen molar-refractivity contribution < 1.29 is 15.3 Å². The Hall–Kier alpha value is -1.16. The molecule has 0 unspecified atom stereocenters. The first-order valence-electron chi connectivity index (χ1n) is 4.92. The third kappa shape index (κ3) is 4.25. The van der Waals surface area contributed by atoms with Gasteiger partial charge in [0, 0.05) is 0 Å². The van der Waals surface area contributed by atoms with Crippen LogP contribution in [-0.2, 0) is 0 Å². The number of rotatable bonds is 5. The summed E-state index contributed by atoms with van der Waals surface area (Å²) in [6, 6.07) is 9.32. The van der Waals surface area contributed by atoms with Crippen LogP contribution in [0.3, 0.4) is 0 Å². The number of aliphatic hydroxyl groups is 3. The molecule has 0 bridgehead atoms. The van der Waals surface area contributed by atoms with Gasteiger partial charge in [0.25, 0.3) is 0 Å². The van der Waals surface area contributed by atoms with Crippen LogP contribution >= 0.6 is 0 Å². The minimum Gasteiger partial charge on any atom is -0.393 e. The van der Waals surface area contributed by atoms with Crippen molar-refractivity contribution in [1.29, 1.82) is 0 Å². The Balaban J connectivity index is 2.43. The van der Waals surface area contributed by atoms with Crippen LogP contribution in [-0.4, -0.2) is 28.0 Å². The SMILES string of the molecule is OC[C@@H](O)/C=C\C[C@H](O)c1ccccc1. The maximum Gasteiger partial charge on any atom is 0.0951 e. The van der Waals surface area contributed by atoms with Gasteiger partial charge in [-0.2, -0.15) is 0 Å². The summed E-state index contributed by atoms with van der Waals surface area (Å²) in [7, 11) is 0. The molecular formula is C12H16O3. The summed E-state index contributed by atoms with van der Waals surface area (Å²) in [5.41, 5.74) is 0.848. The quantitative estimate of drug-likeness (QED) is 0.633. The number of benzene rings is 1. The van der Waals surface area contributed by atoms with Crippen LogP contribution < -0.4 is 0 Å². The highest BCUT2D eigenvalue weighted by atomic mass is 16.3. The lowest BCUT2D eigenvalue weighted by Gasteiger charge is -2.07. The van der Waals surface area contributed by atoms with Crippen LogP contribution in [0.25, 0.3) is 0 Å². The first kappa shape index (κ1) is 11.9. The van der Waals surface area contributed by atoms with E-state index in [0.29, 0.717) is 6.42 Å². The van der Waals surface area contributed by atoms with Crippen LogP contribution in [0.15, 0.2) is 42.5 Å². The highest BCUT2D eigenvalue weighted by Crippen LogP contribution is 2.16. The Morgan fingerprint density at radius 3 is 2.40 bits per heavy atom. The first-order chi connectivity index (χ1) is 7.24. The van der Waals surface area contributed by atoms with Gasteiger partial charge in [-0.3, -0.25) is 0 Å². The van der Waals surface area contributed by atoms with E-state index >= 15 is 0 Å². The van der Waals surface area contributed by atoms with Gasteiger partial charge in [-0.05, 0) is 12.0 Å². The molecule has 0 saturated carbocycles. The molecule has 0 aliphatic rings. The fourth-order valence-corrected chi connectivity index (χ4v) is 1.24. The van der Waals surface area contributed by atoms with Crippen LogP contribution in [0.4, 0.5) is 0 Å². The summed E-state index contributed by atoms with van der Waals surface area (Å²) in [6.45, 7) is -0.294. The van der Waals surface area contributed by atoms with E-state index in [0.717, 1.165) is 5.56 Å². The number of aliphatic hydroxyl groups excluding tert-OH is 3. The summed E-state index contributed by atoms with van der Waals surface area (Å²) in [6.07, 6.45) is 2.17. The molecule has 2 atom stereocenters. The van der Waals surface area contributed by atoms with Gasteiger partial charge < -0.3 is 15.3 Å². The molecule has 0 saturated heterocycles. The summed E-state index contributed by atoms with van der Waals surface area (Å²) in [4.78, 5) is 0. The summed E-state index contributed by atoms with van der Waals surface area (Å²) in [5.74, 6) is 0. The minimum absolute atomic E-state index is 0.294. The first-order valence-corrected chi connectivity index (χ1v) is 4.92. The topological polar surface area (TPSA) is 60.7 Å². The van der Waals surface area contributed by atoms with E-state index in [1.165, 1.54) is 6.08 Å². The molecular weight excluding hydrogens is 192 g/mol.